The van der Waals surface area contributed by atoms with Crippen LogP contribution in [-0.4, -0.2) is 97.1 Å². The van der Waals surface area contributed by atoms with E-state index < -0.39 is 26.0 Å². The molecule has 13 heteroatoms. The molecule has 2 heterocycles. The Morgan fingerprint density at radius 1 is 0.865 bits per heavy atom. The fourth-order valence-corrected chi connectivity index (χ4v) is 7.09. The Labute approximate surface area is 217 Å². The lowest BCUT2D eigenvalue weighted by atomic mass is 10.1. The van der Waals surface area contributed by atoms with Crippen LogP contribution in [0.2, 0.25) is 0 Å². The molecule has 2 saturated heterocycles. The van der Waals surface area contributed by atoms with Crippen molar-refractivity contribution in [3.63, 3.8) is 0 Å². The second-order valence-electron chi connectivity index (χ2n) is 8.59. The number of ether oxygens (including phenoxy) is 3. The van der Waals surface area contributed by atoms with Crippen molar-refractivity contribution in [1.82, 2.24) is 13.9 Å². The summed E-state index contributed by atoms with van der Waals surface area (Å²) in [7, 11) is -7.32. The summed E-state index contributed by atoms with van der Waals surface area (Å²) in [4.78, 5) is 12.9. The van der Waals surface area contributed by atoms with E-state index in [4.69, 9.17) is 14.2 Å². The predicted molar refractivity (Wildman–Crippen MR) is 135 cm³/mol. The fourth-order valence-electron chi connectivity index (χ4n) is 4.02. The van der Waals surface area contributed by atoms with Gasteiger partial charge < -0.3 is 19.5 Å². The van der Waals surface area contributed by atoms with Crippen LogP contribution in [0.3, 0.4) is 0 Å². The number of sulfonamides is 2. The standard InChI is InChI=1S/C24H31N3O8S2/c1-19-2-3-20(18-23(19)37(31,32)27-11-16-34-17-12-27)24(28)25-8-13-35-21-4-6-22(7-5-21)36(29,30)26-9-14-33-15-10-26/h2-7,18H,8-17H2,1H3,(H,25,28). The van der Waals surface area contributed by atoms with E-state index in [0.29, 0.717) is 50.8 Å². The fraction of sp³-hybridized carbons (Fsp3) is 0.458. The van der Waals surface area contributed by atoms with E-state index >= 15 is 0 Å². The van der Waals surface area contributed by atoms with E-state index in [9.17, 15) is 21.6 Å². The predicted octanol–water partition coefficient (Wildman–Crippen LogP) is 0.846. The third-order valence-corrected chi connectivity index (χ3v) is 10.1. The first kappa shape index (κ1) is 27.5. The average molecular weight is 554 g/mol. The van der Waals surface area contributed by atoms with Crippen LogP contribution in [-0.2, 0) is 29.5 Å². The Bertz CT molecular complexity index is 1300. The summed E-state index contributed by atoms with van der Waals surface area (Å²) >= 11 is 0. The molecule has 0 aliphatic carbocycles. The van der Waals surface area contributed by atoms with E-state index in [1.807, 2.05) is 0 Å². The van der Waals surface area contributed by atoms with Crippen LogP contribution in [0, 0.1) is 6.92 Å². The second-order valence-corrected chi connectivity index (χ2v) is 12.4. The number of hydrogen-bond acceptors (Lipinski definition) is 8. The summed E-state index contributed by atoms with van der Waals surface area (Å²) < 4.78 is 70.3. The normalized spacial score (nSPS) is 17.9. The van der Waals surface area contributed by atoms with Crippen LogP contribution < -0.4 is 10.1 Å². The van der Waals surface area contributed by atoms with Crippen molar-refractivity contribution < 1.29 is 35.8 Å². The van der Waals surface area contributed by atoms with E-state index in [0.717, 1.165) is 0 Å². The molecule has 0 bridgehead atoms. The van der Waals surface area contributed by atoms with Gasteiger partial charge in [0.15, 0.2) is 0 Å². The van der Waals surface area contributed by atoms with Crippen molar-refractivity contribution in [2.45, 2.75) is 16.7 Å². The third-order valence-electron chi connectivity index (χ3n) is 6.13. The van der Waals surface area contributed by atoms with Crippen molar-refractivity contribution >= 4 is 26.0 Å². The SMILES string of the molecule is Cc1ccc(C(=O)NCCOc2ccc(S(=O)(=O)N3CCOCC3)cc2)cc1S(=O)(=O)N1CCOCC1. The van der Waals surface area contributed by atoms with Gasteiger partial charge in [-0.2, -0.15) is 8.61 Å². The Balaban J connectivity index is 1.31. The summed E-state index contributed by atoms with van der Waals surface area (Å²) in [5.74, 6) is 0.0402. The molecule has 0 atom stereocenters. The van der Waals surface area contributed by atoms with Crippen LogP contribution in [0.4, 0.5) is 0 Å². The largest absolute Gasteiger partial charge is 0.492 e. The van der Waals surface area contributed by atoms with Crippen LogP contribution in [0.5, 0.6) is 5.75 Å². The highest BCUT2D eigenvalue weighted by molar-refractivity contribution is 7.89. The molecular formula is C24H31N3O8S2. The van der Waals surface area contributed by atoms with E-state index in [-0.39, 0.29) is 41.6 Å². The summed E-state index contributed by atoms with van der Waals surface area (Å²) in [6, 6.07) is 10.7. The second kappa shape index (κ2) is 11.9. The minimum atomic E-state index is -3.73. The summed E-state index contributed by atoms with van der Waals surface area (Å²) in [5.41, 5.74) is 0.792. The molecule has 0 aromatic heterocycles. The molecule has 0 saturated carbocycles. The highest BCUT2D eigenvalue weighted by atomic mass is 32.2. The molecule has 2 aliphatic rings. The van der Waals surface area contributed by atoms with Gasteiger partial charge in [0.05, 0.1) is 42.8 Å². The van der Waals surface area contributed by atoms with E-state index in [1.165, 1.54) is 26.8 Å². The lowest BCUT2D eigenvalue weighted by Gasteiger charge is -2.26. The van der Waals surface area contributed by atoms with Gasteiger partial charge in [0.25, 0.3) is 5.91 Å². The maximum absolute atomic E-state index is 13.0. The van der Waals surface area contributed by atoms with E-state index in [2.05, 4.69) is 5.32 Å². The van der Waals surface area contributed by atoms with Crippen LogP contribution in [0.1, 0.15) is 15.9 Å². The highest BCUT2D eigenvalue weighted by Crippen LogP contribution is 2.23. The molecule has 0 radical (unpaired) electrons. The Kier molecular flexibility index (Phi) is 8.82. The number of amides is 1. The molecule has 2 aromatic carbocycles. The quantitative estimate of drug-likeness (QED) is 0.452. The van der Waals surface area contributed by atoms with Gasteiger partial charge >= 0.3 is 0 Å². The maximum atomic E-state index is 13.0. The van der Waals surface area contributed by atoms with Crippen molar-refractivity contribution in [3.05, 3.63) is 53.6 Å². The van der Waals surface area contributed by atoms with Gasteiger partial charge in [-0.05, 0) is 48.9 Å². The summed E-state index contributed by atoms with van der Waals surface area (Å²) in [6.45, 7) is 4.63. The first-order valence-electron chi connectivity index (χ1n) is 12.0. The highest BCUT2D eigenvalue weighted by Gasteiger charge is 2.29. The van der Waals surface area contributed by atoms with Crippen molar-refractivity contribution in [2.75, 3.05) is 65.8 Å². The molecule has 0 unspecified atom stereocenters. The number of rotatable bonds is 9. The number of aryl methyl sites for hydroxylation is 1. The molecule has 0 spiro atoms. The van der Waals surface area contributed by atoms with Gasteiger partial charge in [-0.1, -0.05) is 6.07 Å². The number of carbonyl (C=O) groups excluding carboxylic acids is 1. The minimum Gasteiger partial charge on any atom is -0.492 e. The van der Waals surface area contributed by atoms with Crippen LogP contribution in [0.15, 0.2) is 52.3 Å². The van der Waals surface area contributed by atoms with Gasteiger partial charge in [-0.15, -0.1) is 0 Å². The van der Waals surface area contributed by atoms with Gasteiger partial charge in [0, 0.05) is 31.7 Å². The zero-order chi connectivity index (χ0) is 26.5. The molecule has 37 heavy (non-hydrogen) atoms. The average Bonchev–Trinajstić information content (AvgIpc) is 2.92. The first-order valence-corrected chi connectivity index (χ1v) is 14.8. The summed E-state index contributed by atoms with van der Waals surface area (Å²) in [6.07, 6.45) is 0. The lowest BCUT2D eigenvalue weighted by Crippen LogP contribution is -2.41. The molecule has 202 valence electrons. The molecule has 1 N–H and O–H groups in total. The number of nitrogens with zero attached hydrogens (tertiary/aromatic N) is 2. The molecule has 2 aliphatic heterocycles. The van der Waals surface area contributed by atoms with E-state index in [1.54, 1.807) is 31.2 Å². The minimum absolute atomic E-state index is 0.102. The third kappa shape index (κ3) is 6.48. The number of hydrogen-bond donors (Lipinski definition) is 1. The number of carbonyl (C=O) groups is 1. The smallest absolute Gasteiger partial charge is 0.251 e. The van der Waals surface area contributed by atoms with Gasteiger partial charge in [0.1, 0.15) is 12.4 Å². The van der Waals surface area contributed by atoms with Gasteiger partial charge in [0.2, 0.25) is 20.0 Å². The Morgan fingerprint density at radius 3 is 2.03 bits per heavy atom. The zero-order valence-electron chi connectivity index (χ0n) is 20.6. The first-order chi connectivity index (χ1) is 17.7. The topological polar surface area (TPSA) is 132 Å². The molecular weight excluding hydrogens is 522 g/mol. The number of morpholine rings is 2. The van der Waals surface area contributed by atoms with Gasteiger partial charge in [-0.25, -0.2) is 16.8 Å². The molecule has 4 rings (SSSR count). The van der Waals surface area contributed by atoms with Crippen LogP contribution >= 0.6 is 0 Å². The molecule has 1 amide bonds. The van der Waals surface area contributed by atoms with Crippen molar-refractivity contribution in [2.24, 2.45) is 0 Å². The zero-order valence-corrected chi connectivity index (χ0v) is 22.2. The summed E-state index contributed by atoms with van der Waals surface area (Å²) in [5, 5.41) is 2.72. The Morgan fingerprint density at radius 2 is 1.43 bits per heavy atom. The monoisotopic (exact) mass is 553 g/mol. The number of nitrogens with one attached hydrogen (secondary N) is 1. The Hall–Kier alpha value is -2.55. The van der Waals surface area contributed by atoms with Gasteiger partial charge in [-0.3, -0.25) is 4.79 Å². The van der Waals surface area contributed by atoms with Crippen LogP contribution in [0.25, 0.3) is 0 Å². The molecule has 2 fully saturated rings. The van der Waals surface area contributed by atoms with Crippen molar-refractivity contribution in [1.29, 1.82) is 0 Å². The maximum Gasteiger partial charge on any atom is 0.251 e. The molecule has 2 aromatic rings. The van der Waals surface area contributed by atoms with Crippen molar-refractivity contribution in [3.8, 4) is 5.75 Å². The molecule has 11 nitrogen and oxygen atoms in total. The lowest BCUT2D eigenvalue weighted by molar-refractivity contribution is 0.0730. The number of benzene rings is 2.